The van der Waals surface area contributed by atoms with Crippen LogP contribution >= 0.6 is 0 Å². The van der Waals surface area contributed by atoms with Crippen LogP contribution in [0.25, 0.3) is 0 Å². The summed E-state index contributed by atoms with van der Waals surface area (Å²) in [5.41, 5.74) is 2.78. The van der Waals surface area contributed by atoms with E-state index in [0.717, 1.165) is 49.3 Å². The van der Waals surface area contributed by atoms with Crippen molar-refractivity contribution in [3.63, 3.8) is 0 Å². The highest BCUT2D eigenvalue weighted by molar-refractivity contribution is 5.72. The number of hydrogen-bond acceptors (Lipinski definition) is 6. The Morgan fingerprint density at radius 3 is 2.92 bits per heavy atom. The van der Waals surface area contributed by atoms with Crippen LogP contribution in [0.2, 0.25) is 0 Å². The van der Waals surface area contributed by atoms with E-state index in [4.69, 9.17) is 19.2 Å². The highest BCUT2D eigenvalue weighted by Crippen LogP contribution is 2.47. The lowest BCUT2D eigenvalue weighted by Gasteiger charge is -2.26. The Kier molecular flexibility index (Phi) is 3.85. The summed E-state index contributed by atoms with van der Waals surface area (Å²) in [4.78, 5) is 18.7. The van der Waals surface area contributed by atoms with Gasteiger partial charge >= 0.3 is 6.09 Å². The van der Waals surface area contributed by atoms with Gasteiger partial charge in [-0.05, 0) is 42.9 Å². The van der Waals surface area contributed by atoms with Crippen LogP contribution < -0.4 is 5.32 Å². The summed E-state index contributed by atoms with van der Waals surface area (Å²) < 4.78 is 16.1. The lowest BCUT2D eigenvalue weighted by Crippen LogP contribution is -2.35. The summed E-state index contributed by atoms with van der Waals surface area (Å²) in [7, 11) is 3.19. The van der Waals surface area contributed by atoms with Gasteiger partial charge in [-0.25, -0.2) is 9.78 Å². The van der Waals surface area contributed by atoms with Crippen molar-refractivity contribution in [2.24, 2.45) is 0 Å². The molecule has 130 valence electrons. The molecule has 2 fully saturated rings. The smallest absolute Gasteiger partial charge is 0.410 e. The molecule has 1 aromatic heterocycles. The van der Waals surface area contributed by atoms with Gasteiger partial charge in [0.25, 0.3) is 0 Å². The van der Waals surface area contributed by atoms with E-state index in [9.17, 15) is 4.79 Å². The first-order chi connectivity index (χ1) is 11.7. The number of cyclic esters (lactones) is 1. The number of methoxy groups -OCH3 is 2. The molecule has 0 atom stereocenters. The molecule has 1 aliphatic carbocycles. The van der Waals surface area contributed by atoms with Crippen molar-refractivity contribution in [1.82, 2.24) is 9.88 Å². The third-order valence-electron chi connectivity index (χ3n) is 5.19. The third kappa shape index (κ3) is 2.52. The van der Waals surface area contributed by atoms with Gasteiger partial charge < -0.3 is 19.5 Å². The molecule has 1 saturated carbocycles. The average Bonchev–Trinajstić information content (AvgIpc) is 3.33. The number of ether oxygens (including phenoxy) is 3. The van der Waals surface area contributed by atoms with Crippen molar-refractivity contribution < 1.29 is 19.0 Å². The summed E-state index contributed by atoms with van der Waals surface area (Å²) in [5, 5.41) is 3.34. The van der Waals surface area contributed by atoms with Gasteiger partial charge in [0.2, 0.25) is 6.29 Å². The molecule has 1 spiro atoms. The van der Waals surface area contributed by atoms with E-state index >= 15 is 0 Å². The van der Waals surface area contributed by atoms with Gasteiger partial charge in [-0.2, -0.15) is 0 Å². The quantitative estimate of drug-likeness (QED) is 0.833. The Hall–Kier alpha value is -1.86. The van der Waals surface area contributed by atoms with E-state index in [2.05, 4.69) is 11.4 Å². The van der Waals surface area contributed by atoms with Crippen molar-refractivity contribution in [2.45, 2.75) is 44.1 Å². The molecule has 2 aliphatic heterocycles. The molecule has 0 radical (unpaired) electrons. The maximum Gasteiger partial charge on any atom is 0.410 e. The molecule has 7 nitrogen and oxygen atoms in total. The van der Waals surface area contributed by atoms with Gasteiger partial charge in [0.15, 0.2) is 0 Å². The number of hydrogen-bond donors (Lipinski definition) is 1. The van der Waals surface area contributed by atoms with E-state index in [0.29, 0.717) is 13.2 Å². The predicted octanol–water partition coefficient (Wildman–Crippen LogP) is 2.22. The van der Waals surface area contributed by atoms with Crippen LogP contribution in [0.1, 0.15) is 42.4 Å². The molecule has 1 amide bonds. The minimum atomic E-state index is -0.553. The Balaban J connectivity index is 1.71. The van der Waals surface area contributed by atoms with Gasteiger partial charge in [-0.15, -0.1) is 0 Å². The fourth-order valence-electron chi connectivity index (χ4n) is 3.60. The van der Waals surface area contributed by atoms with Crippen LogP contribution in [-0.2, 0) is 27.2 Å². The molecule has 24 heavy (non-hydrogen) atoms. The van der Waals surface area contributed by atoms with E-state index < -0.39 is 6.29 Å². The van der Waals surface area contributed by atoms with Crippen LogP contribution in [-0.4, -0.2) is 48.9 Å². The highest BCUT2D eigenvalue weighted by atomic mass is 16.7. The molecular formula is C17H23N3O4. The summed E-state index contributed by atoms with van der Waals surface area (Å²) in [6.07, 6.45) is 3.30. The Morgan fingerprint density at radius 2 is 2.21 bits per heavy atom. The fraction of sp³-hybridized carbons (Fsp3) is 0.647. The summed E-state index contributed by atoms with van der Waals surface area (Å²) in [6, 6.07) is 2.14. The Bertz CT molecular complexity index is 655. The number of fused-ring (bicyclic) bond motifs is 1. The maximum atomic E-state index is 12.2. The van der Waals surface area contributed by atoms with E-state index in [1.165, 1.54) is 5.56 Å². The van der Waals surface area contributed by atoms with Crippen LogP contribution in [0.15, 0.2) is 6.07 Å². The first kappa shape index (κ1) is 15.7. The summed E-state index contributed by atoms with van der Waals surface area (Å²) >= 11 is 0. The predicted molar refractivity (Wildman–Crippen MR) is 86.7 cm³/mol. The summed E-state index contributed by atoms with van der Waals surface area (Å²) in [5.74, 6) is 0.893. The lowest BCUT2D eigenvalue weighted by molar-refractivity contribution is -0.109. The molecule has 4 rings (SSSR count). The molecule has 0 unspecified atom stereocenters. The minimum absolute atomic E-state index is 0.0991. The molecular weight excluding hydrogens is 310 g/mol. The zero-order chi connectivity index (χ0) is 16.7. The largest absolute Gasteiger partial charge is 0.447 e. The molecule has 1 saturated heterocycles. The number of nitrogens with one attached hydrogen (secondary N) is 1. The number of nitrogens with zero attached hydrogens (tertiary/aromatic N) is 2. The number of carbonyl (C=O) groups is 1. The number of carbonyl (C=O) groups excluding carboxylic acids is 1. The minimum Gasteiger partial charge on any atom is -0.447 e. The SMILES string of the molecule is COC(OC)c1nc2c(cc1CN1C(=O)OCC13CC3)CCCN2. The van der Waals surface area contributed by atoms with Crippen LogP contribution in [0.5, 0.6) is 0 Å². The van der Waals surface area contributed by atoms with Gasteiger partial charge in [-0.3, -0.25) is 4.90 Å². The van der Waals surface area contributed by atoms with Gasteiger partial charge in [0.1, 0.15) is 18.1 Å². The lowest BCUT2D eigenvalue weighted by atomic mass is 10.0. The average molecular weight is 333 g/mol. The number of amides is 1. The van der Waals surface area contributed by atoms with Crippen LogP contribution in [0.4, 0.5) is 10.6 Å². The molecule has 3 heterocycles. The number of pyridine rings is 1. The van der Waals surface area contributed by atoms with Crippen LogP contribution in [0.3, 0.4) is 0 Å². The molecule has 1 aromatic rings. The first-order valence-electron chi connectivity index (χ1n) is 8.43. The molecule has 7 heteroatoms. The fourth-order valence-corrected chi connectivity index (χ4v) is 3.60. The zero-order valence-corrected chi connectivity index (χ0v) is 14.1. The maximum absolute atomic E-state index is 12.2. The third-order valence-corrected chi connectivity index (χ3v) is 5.19. The number of anilines is 1. The molecule has 0 bridgehead atoms. The van der Waals surface area contributed by atoms with Crippen molar-refractivity contribution in [3.8, 4) is 0 Å². The summed E-state index contributed by atoms with van der Waals surface area (Å²) in [6.45, 7) is 1.90. The van der Waals surface area contributed by atoms with E-state index in [1.807, 2.05) is 4.90 Å². The van der Waals surface area contributed by atoms with Crippen molar-refractivity contribution in [1.29, 1.82) is 0 Å². The second-order valence-corrected chi connectivity index (χ2v) is 6.74. The number of aryl methyl sites for hydroxylation is 1. The topological polar surface area (TPSA) is 72.9 Å². The van der Waals surface area contributed by atoms with Crippen molar-refractivity contribution >= 4 is 11.9 Å². The van der Waals surface area contributed by atoms with E-state index in [1.54, 1.807) is 14.2 Å². The second kappa shape index (κ2) is 5.89. The monoisotopic (exact) mass is 333 g/mol. The first-order valence-corrected chi connectivity index (χ1v) is 8.43. The Labute approximate surface area is 141 Å². The molecule has 0 aromatic carbocycles. The van der Waals surface area contributed by atoms with Gasteiger partial charge in [-0.1, -0.05) is 0 Å². The van der Waals surface area contributed by atoms with E-state index in [-0.39, 0.29) is 11.6 Å². The Morgan fingerprint density at radius 1 is 1.42 bits per heavy atom. The van der Waals surface area contributed by atoms with Crippen LogP contribution in [0, 0.1) is 0 Å². The number of aromatic nitrogens is 1. The van der Waals surface area contributed by atoms with Gasteiger partial charge in [0.05, 0.1) is 12.1 Å². The molecule has 1 N–H and O–H groups in total. The van der Waals surface area contributed by atoms with Crippen molar-refractivity contribution in [3.05, 3.63) is 22.9 Å². The van der Waals surface area contributed by atoms with Crippen molar-refractivity contribution in [2.75, 3.05) is 32.7 Å². The standard InChI is InChI=1S/C17H23N3O4/c1-22-15(23-2)13-12(8-11-4-3-7-18-14(11)19-13)9-20-16(21)24-10-17(20)5-6-17/h8,15H,3-7,9-10H2,1-2H3,(H,18,19). The number of rotatable bonds is 5. The zero-order valence-electron chi connectivity index (χ0n) is 14.1. The normalized spacial score (nSPS) is 21.0. The highest BCUT2D eigenvalue weighted by Gasteiger charge is 2.56. The molecule has 3 aliphatic rings. The van der Waals surface area contributed by atoms with Gasteiger partial charge in [0, 0.05) is 20.8 Å². The second-order valence-electron chi connectivity index (χ2n) is 6.74.